The number of hydrogen-bond acceptors (Lipinski definition) is 7. The monoisotopic (exact) mass is 596 g/mol. The van der Waals surface area contributed by atoms with Gasteiger partial charge < -0.3 is 18.3 Å². The van der Waals surface area contributed by atoms with Crippen molar-refractivity contribution in [2.45, 2.75) is 19.7 Å². The van der Waals surface area contributed by atoms with Crippen molar-refractivity contribution in [2.75, 3.05) is 0 Å². The van der Waals surface area contributed by atoms with Crippen molar-refractivity contribution in [3.63, 3.8) is 0 Å². The lowest BCUT2D eigenvalue weighted by molar-refractivity contribution is -0.385. The molecule has 0 saturated heterocycles. The summed E-state index contributed by atoms with van der Waals surface area (Å²) in [5.74, 6) is 0.683. The molecule has 0 bridgehead atoms. The van der Waals surface area contributed by atoms with Crippen LogP contribution in [0.5, 0.6) is 17.2 Å². The standard InChI is InChI=1S/C22H18IN2O6PS/c23-33-31-20-10-16(30-32)9-19(29-13-14-5-2-1-3-6-14)21(20)22(26)24-11-15-7-4-8-18(25(27)28)17(15)12-24/h1-10H,11-13,32H2. The number of nitro benzene ring substituents is 1. The summed E-state index contributed by atoms with van der Waals surface area (Å²) in [6, 6.07) is 17.7. The van der Waals surface area contributed by atoms with Gasteiger partial charge in [0.05, 0.1) is 26.5 Å². The zero-order valence-electron chi connectivity index (χ0n) is 17.1. The number of benzene rings is 3. The first-order chi connectivity index (χ1) is 16.0. The Bertz CT molecular complexity index is 1200. The van der Waals surface area contributed by atoms with Gasteiger partial charge in [0, 0.05) is 45.9 Å². The highest BCUT2D eigenvalue weighted by molar-refractivity contribution is 14.2. The molecule has 11 heteroatoms. The number of rotatable bonds is 8. The molecule has 3 aromatic carbocycles. The molecule has 170 valence electrons. The molecular formula is C22H18IN2O6PS. The van der Waals surface area contributed by atoms with Gasteiger partial charge in [-0.2, -0.15) is 0 Å². The van der Waals surface area contributed by atoms with Crippen LogP contribution in [0.15, 0.2) is 60.7 Å². The second-order valence-corrected chi connectivity index (χ2v) is 8.77. The van der Waals surface area contributed by atoms with Gasteiger partial charge >= 0.3 is 0 Å². The minimum absolute atomic E-state index is 0.00870. The van der Waals surface area contributed by atoms with Crippen molar-refractivity contribution in [3.8, 4) is 17.2 Å². The summed E-state index contributed by atoms with van der Waals surface area (Å²) in [5, 5.41) is 11.4. The molecule has 0 N–H and O–H groups in total. The third-order valence-electron chi connectivity index (χ3n) is 5.19. The van der Waals surface area contributed by atoms with Crippen LogP contribution in [-0.4, -0.2) is 15.7 Å². The number of nitro groups is 1. The molecule has 0 aliphatic carbocycles. The number of nitrogens with zero attached hydrogens (tertiary/aromatic N) is 2. The van der Waals surface area contributed by atoms with E-state index >= 15 is 0 Å². The van der Waals surface area contributed by atoms with Gasteiger partial charge in [0.25, 0.3) is 11.6 Å². The lowest BCUT2D eigenvalue weighted by atomic mass is 10.1. The number of halogens is 1. The third kappa shape index (κ3) is 5.18. The zero-order valence-corrected chi connectivity index (χ0v) is 21.2. The first kappa shape index (κ1) is 23.6. The number of hydrogen-bond donors (Lipinski definition) is 0. The first-order valence-electron chi connectivity index (χ1n) is 9.73. The molecule has 8 nitrogen and oxygen atoms in total. The topological polar surface area (TPSA) is 91.1 Å². The smallest absolute Gasteiger partial charge is 0.274 e. The summed E-state index contributed by atoms with van der Waals surface area (Å²) < 4.78 is 17.0. The predicted octanol–water partition coefficient (Wildman–Crippen LogP) is 5.88. The predicted molar refractivity (Wildman–Crippen MR) is 136 cm³/mol. The molecule has 1 amide bonds. The minimum Gasteiger partial charge on any atom is -0.488 e. The molecule has 4 rings (SSSR count). The SMILES string of the molecule is O=C(c1c(OCc2ccccc2)cc(OP)cc1OSI)N1Cc2cccc([N+](=O)[O-])c2C1. The number of ether oxygens (including phenoxy) is 1. The molecule has 1 aliphatic rings. The lowest BCUT2D eigenvalue weighted by Gasteiger charge is -2.21. The number of carbonyl (C=O) groups is 1. The van der Waals surface area contributed by atoms with Crippen molar-refractivity contribution in [2.24, 2.45) is 0 Å². The van der Waals surface area contributed by atoms with Gasteiger partial charge in [-0.1, -0.05) is 42.5 Å². The summed E-state index contributed by atoms with van der Waals surface area (Å²) in [6.45, 7) is 0.624. The molecule has 1 heterocycles. The van der Waals surface area contributed by atoms with Crippen LogP contribution in [0.25, 0.3) is 0 Å². The van der Waals surface area contributed by atoms with Gasteiger partial charge in [0.1, 0.15) is 32.9 Å². The molecule has 0 spiro atoms. The third-order valence-corrected chi connectivity index (χ3v) is 6.24. The summed E-state index contributed by atoms with van der Waals surface area (Å²) in [5.41, 5.74) is 2.46. The van der Waals surface area contributed by atoms with E-state index in [4.69, 9.17) is 13.4 Å². The van der Waals surface area contributed by atoms with Crippen LogP contribution in [0.4, 0.5) is 5.69 Å². The molecular weight excluding hydrogens is 578 g/mol. The largest absolute Gasteiger partial charge is 0.488 e. The fourth-order valence-corrected chi connectivity index (χ4v) is 4.59. The quantitative estimate of drug-likeness (QED) is 0.106. The highest BCUT2D eigenvalue weighted by Crippen LogP contribution is 2.40. The summed E-state index contributed by atoms with van der Waals surface area (Å²) in [6.07, 6.45) is 0. The van der Waals surface area contributed by atoms with Crippen molar-refractivity contribution < 1.29 is 23.2 Å². The second-order valence-electron chi connectivity index (χ2n) is 7.17. The Hall–Kier alpha value is -2.56. The fraction of sp³-hybridized carbons (Fsp3) is 0.136. The highest BCUT2D eigenvalue weighted by atomic mass is 127. The van der Waals surface area contributed by atoms with E-state index in [1.54, 1.807) is 29.2 Å². The minimum atomic E-state index is -0.423. The van der Waals surface area contributed by atoms with E-state index in [1.807, 2.05) is 51.5 Å². The second kappa shape index (κ2) is 10.6. The summed E-state index contributed by atoms with van der Waals surface area (Å²) in [4.78, 5) is 26.2. The van der Waals surface area contributed by atoms with E-state index in [2.05, 4.69) is 9.47 Å². The highest BCUT2D eigenvalue weighted by Gasteiger charge is 2.33. The molecule has 0 saturated carbocycles. The van der Waals surface area contributed by atoms with Crippen LogP contribution >= 0.6 is 39.9 Å². The maximum absolute atomic E-state index is 13.7. The van der Waals surface area contributed by atoms with Crippen LogP contribution in [0.1, 0.15) is 27.0 Å². The molecule has 0 aromatic heterocycles. The van der Waals surface area contributed by atoms with E-state index in [-0.39, 0.29) is 42.6 Å². The number of fused-ring (bicyclic) bond motifs is 1. The van der Waals surface area contributed by atoms with Crippen molar-refractivity contribution in [1.29, 1.82) is 0 Å². The van der Waals surface area contributed by atoms with E-state index in [0.717, 1.165) is 20.3 Å². The molecule has 0 fully saturated rings. The summed E-state index contributed by atoms with van der Waals surface area (Å²) >= 11 is 1.97. The van der Waals surface area contributed by atoms with Crippen LogP contribution in [0, 0.1) is 10.1 Å². The average Bonchev–Trinajstić information content (AvgIpc) is 3.27. The molecule has 1 unspecified atom stereocenters. The Kier molecular flexibility index (Phi) is 7.56. The van der Waals surface area contributed by atoms with Gasteiger partial charge in [0.2, 0.25) is 0 Å². The zero-order chi connectivity index (χ0) is 23.4. The normalized spacial score (nSPS) is 12.2. The van der Waals surface area contributed by atoms with Gasteiger partial charge in [-0.05, 0) is 11.1 Å². The Morgan fingerprint density at radius 2 is 1.88 bits per heavy atom. The van der Waals surface area contributed by atoms with Gasteiger partial charge in [-0.3, -0.25) is 14.9 Å². The van der Waals surface area contributed by atoms with E-state index in [9.17, 15) is 14.9 Å². The number of amides is 1. The average molecular weight is 596 g/mol. The molecule has 0 radical (unpaired) electrons. The van der Waals surface area contributed by atoms with E-state index in [0.29, 0.717) is 17.1 Å². The molecule has 33 heavy (non-hydrogen) atoms. The first-order valence-corrected chi connectivity index (χ1v) is 13.5. The lowest BCUT2D eigenvalue weighted by Crippen LogP contribution is -2.26. The van der Waals surface area contributed by atoms with Crippen LogP contribution in [0.2, 0.25) is 0 Å². The van der Waals surface area contributed by atoms with Crippen molar-refractivity contribution in [1.82, 2.24) is 4.90 Å². The number of carbonyl (C=O) groups excluding carboxylic acids is 1. The van der Waals surface area contributed by atoms with E-state index in [1.165, 1.54) is 6.07 Å². The maximum atomic E-state index is 13.7. The fourth-order valence-electron chi connectivity index (χ4n) is 3.67. The van der Waals surface area contributed by atoms with Crippen LogP contribution in [0.3, 0.4) is 0 Å². The Balaban J connectivity index is 1.69. The maximum Gasteiger partial charge on any atom is 0.274 e. The van der Waals surface area contributed by atoms with Crippen LogP contribution in [-0.2, 0) is 19.7 Å². The van der Waals surface area contributed by atoms with Gasteiger partial charge in [-0.15, -0.1) is 0 Å². The van der Waals surface area contributed by atoms with Gasteiger partial charge in [-0.25, -0.2) is 0 Å². The molecule has 1 atom stereocenters. The Morgan fingerprint density at radius 3 is 2.58 bits per heavy atom. The van der Waals surface area contributed by atoms with Crippen molar-refractivity contribution in [3.05, 3.63) is 93.0 Å². The Labute approximate surface area is 208 Å². The van der Waals surface area contributed by atoms with Gasteiger partial charge in [0.15, 0.2) is 5.75 Å². The van der Waals surface area contributed by atoms with E-state index < -0.39 is 4.92 Å². The molecule has 3 aromatic rings. The Morgan fingerprint density at radius 1 is 1.12 bits per heavy atom. The molecule has 1 aliphatic heterocycles. The van der Waals surface area contributed by atoms with Crippen molar-refractivity contribution >= 4 is 51.5 Å². The summed E-state index contributed by atoms with van der Waals surface area (Å²) in [7, 11) is 3.22. The van der Waals surface area contributed by atoms with Crippen LogP contribution < -0.4 is 13.4 Å².